The number of hydrogen-bond donors (Lipinski definition) is 2. The molecule has 0 radical (unpaired) electrons. The van der Waals surface area contributed by atoms with Crippen molar-refractivity contribution in [3.05, 3.63) is 81.7 Å². The molecule has 0 saturated carbocycles. The number of nitrogens with one attached hydrogen (secondary N) is 2. The zero-order valence-corrected chi connectivity index (χ0v) is 14.9. The van der Waals surface area contributed by atoms with E-state index in [1.54, 1.807) is 0 Å². The zero-order chi connectivity index (χ0) is 15.4. The second-order valence-electron chi connectivity index (χ2n) is 4.81. The van der Waals surface area contributed by atoms with Gasteiger partial charge < -0.3 is 10.6 Å². The fourth-order valence-corrected chi connectivity index (χ4v) is 2.61. The Morgan fingerprint density at radius 2 is 0.864 bits per heavy atom. The van der Waals surface area contributed by atoms with E-state index in [1.807, 2.05) is 60.7 Å². The molecule has 0 spiro atoms. The van der Waals surface area contributed by atoms with Gasteiger partial charge in [-0.25, -0.2) is 0 Å². The normalized spacial score (nSPS) is 10.3. The Kier molecular flexibility index (Phi) is 4.80. The second-order valence-corrected chi connectivity index (χ2v) is 6.64. The smallest absolute Gasteiger partial charge is 0.0623 e. The molecule has 2 N–H and O–H groups in total. The van der Waals surface area contributed by atoms with Gasteiger partial charge in [0.2, 0.25) is 0 Å². The lowest BCUT2D eigenvalue weighted by atomic mass is 10.2. The molecule has 0 aliphatic rings. The predicted molar refractivity (Wildman–Crippen MR) is 101 cm³/mol. The Morgan fingerprint density at radius 3 is 1.23 bits per heavy atom. The maximum atomic E-state index is 3.45. The Morgan fingerprint density at radius 1 is 0.500 bits per heavy atom. The van der Waals surface area contributed by atoms with Crippen LogP contribution in [0.3, 0.4) is 0 Å². The molecule has 0 amide bonds. The highest BCUT2D eigenvalue weighted by atomic mass is 79.9. The van der Waals surface area contributed by atoms with Crippen LogP contribution in [-0.2, 0) is 0 Å². The highest BCUT2D eigenvalue weighted by molar-refractivity contribution is 9.10. The van der Waals surface area contributed by atoms with Crippen molar-refractivity contribution in [3.63, 3.8) is 0 Å². The van der Waals surface area contributed by atoms with Gasteiger partial charge in [0.05, 0.1) is 11.4 Å². The molecule has 0 aliphatic heterocycles. The van der Waals surface area contributed by atoms with Crippen LogP contribution in [0.4, 0.5) is 22.7 Å². The molecule has 3 aromatic rings. The standard InChI is InChI=1S/C18H14Br2N2/c19-13-5-9-15(10-6-13)21-17-3-1-2-4-18(17)22-16-11-7-14(20)8-12-16/h1-12,21-22H. The van der Waals surface area contributed by atoms with Crippen LogP contribution in [-0.4, -0.2) is 0 Å². The monoisotopic (exact) mass is 416 g/mol. The highest BCUT2D eigenvalue weighted by Gasteiger charge is 2.03. The van der Waals surface area contributed by atoms with Crippen LogP contribution in [0.2, 0.25) is 0 Å². The van der Waals surface area contributed by atoms with Crippen molar-refractivity contribution >= 4 is 54.6 Å². The summed E-state index contributed by atoms with van der Waals surface area (Å²) < 4.78 is 2.14. The number of hydrogen-bond acceptors (Lipinski definition) is 2. The van der Waals surface area contributed by atoms with Crippen LogP contribution in [0.25, 0.3) is 0 Å². The first-order chi connectivity index (χ1) is 10.7. The van der Waals surface area contributed by atoms with E-state index in [0.29, 0.717) is 0 Å². The van der Waals surface area contributed by atoms with E-state index in [0.717, 1.165) is 31.7 Å². The molecular weight excluding hydrogens is 404 g/mol. The van der Waals surface area contributed by atoms with E-state index < -0.39 is 0 Å². The SMILES string of the molecule is Brc1ccc(Nc2ccccc2Nc2ccc(Br)cc2)cc1. The van der Waals surface area contributed by atoms with Crippen molar-refractivity contribution < 1.29 is 0 Å². The van der Waals surface area contributed by atoms with Gasteiger partial charge in [0.15, 0.2) is 0 Å². The van der Waals surface area contributed by atoms with Gasteiger partial charge in [-0.1, -0.05) is 44.0 Å². The fourth-order valence-electron chi connectivity index (χ4n) is 2.08. The van der Waals surface area contributed by atoms with Crippen LogP contribution in [0.5, 0.6) is 0 Å². The van der Waals surface area contributed by atoms with Crippen LogP contribution in [0.1, 0.15) is 0 Å². The third kappa shape index (κ3) is 3.90. The minimum absolute atomic E-state index is 1.03. The molecule has 0 aliphatic carbocycles. The fraction of sp³-hybridized carbons (Fsp3) is 0. The van der Waals surface area contributed by atoms with Gasteiger partial charge in [0, 0.05) is 20.3 Å². The molecule has 110 valence electrons. The first-order valence-corrected chi connectivity index (χ1v) is 8.43. The summed E-state index contributed by atoms with van der Waals surface area (Å²) >= 11 is 6.90. The van der Waals surface area contributed by atoms with E-state index >= 15 is 0 Å². The molecule has 0 atom stereocenters. The summed E-state index contributed by atoms with van der Waals surface area (Å²) in [6.07, 6.45) is 0. The minimum Gasteiger partial charge on any atom is -0.354 e. The Labute approximate surface area is 146 Å². The van der Waals surface area contributed by atoms with E-state index in [4.69, 9.17) is 0 Å². The molecule has 0 bridgehead atoms. The van der Waals surface area contributed by atoms with Crippen LogP contribution in [0.15, 0.2) is 81.7 Å². The van der Waals surface area contributed by atoms with Crippen molar-refractivity contribution in [2.24, 2.45) is 0 Å². The van der Waals surface area contributed by atoms with Crippen molar-refractivity contribution in [3.8, 4) is 0 Å². The number of para-hydroxylation sites is 2. The van der Waals surface area contributed by atoms with Crippen molar-refractivity contribution in [1.82, 2.24) is 0 Å². The summed E-state index contributed by atoms with van der Waals surface area (Å²) in [5.41, 5.74) is 4.17. The summed E-state index contributed by atoms with van der Waals surface area (Å²) in [6.45, 7) is 0. The lowest BCUT2D eigenvalue weighted by Gasteiger charge is -2.14. The molecule has 4 heteroatoms. The number of rotatable bonds is 4. The minimum atomic E-state index is 1.03. The van der Waals surface area contributed by atoms with Gasteiger partial charge in [0.25, 0.3) is 0 Å². The summed E-state index contributed by atoms with van der Waals surface area (Å²) in [7, 11) is 0. The highest BCUT2D eigenvalue weighted by Crippen LogP contribution is 2.29. The van der Waals surface area contributed by atoms with E-state index in [-0.39, 0.29) is 0 Å². The number of halogens is 2. The van der Waals surface area contributed by atoms with Gasteiger partial charge >= 0.3 is 0 Å². The quantitative estimate of drug-likeness (QED) is 0.493. The van der Waals surface area contributed by atoms with Crippen LogP contribution < -0.4 is 10.6 Å². The third-order valence-electron chi connectivity index (χ3n) is 3.17. The van der Waals surface area contributed by atoms with Crippen molar-refractivity contribution in [2.45, 2.75) is 0 Å². The molecule has 2 nitrogen and oxygen atoms in total. The molecule has 0 heterocycles. The second kappa shape index (κ2) is 6.99. The van der Waals surface area contributed by atoms with Crippen LogP contribution >= 0.6 is 31.9 Å². The average molecular weight is 418 g/mol. The van der Waals surface area contributed by atoms with Gasteiger partial charge in [-0.3, -0.25) is 0 Å². The van der Waals surface area contributed by atoms with Crippen LogP contribution in [0, 0.1) is 0 Å². The summed E-state index contributed by atoms with van der Waals surface area (Å²) in [5, 5.41) is 6.88. The number of benzene rings is 3. The molecule has 3 aromatic carbocycles. The molecular formula is C18H14Br2N2. The number of anilines is 4. The van der Waals surface area contributed by atoms with E-state index in [1.165, 1.54) is 0 Å². The summed E-state index contributed by atoms with van der Waals surface area (Å²) in [4.78, 5) is 0. The lowest BCUT2D eigenvalue weighted by Crippen LogP contribution is -1.97. The summed E-state index contributed by atoms with van der Waals surface area (Å²) in [5.74, 6) is 0. The van der Waals surface area contributed by atoms with E-state index in [2.05, 4.69) is 54.6 Å². The predicted octanol–water partition coefficient (Wildman–Crippen LogP) is 6.70. The van der Waals surface area contributed by atoms with Crippen molar-refractivity contribution in [1.29, 1.82) is 0 Å². The maximum absolute atomic E-state index is 3.45. The molecule has 0 fully saturated rings. The molecule has 0 aromatic heterocycles. The molecule has 0 saturated heterocycles. The third-order valence-corrected chi connectivity index (χ3v) is 4.23. The van der Waals surface area contributed by atoms with E-state index in [9.17, 15) is 0 Å². The first-order valence-electron chi connectivity index (χ1n) is 6.85. The lowest BCUT2D eigenvalue weighted by molar-refractivity contribution is 1.49. The molecule has 3 rings (SSSR count). The first kappa shape index (κ1) is 15.1. The zero-order valence-electron chi connectivity index (χ0n) is 11.7. The molecule has 22 heavy (non-hydrogen) atoms. The Balaban J connectivity index is 1.83. The Bertz CT molecular complexity index is 686. The van der Waals surface area contributed by atoms with Gasteiger partial charge in [-0.05, 0) is 60.7 Å². The summed E-state index contributed by atoms with van der Waals surface area (Å²) in [6, 6.07) is 24.4. The van der Waals surface area contributed by atoms with Gasteiger partial charge in [-0.15, -0.1) is 0 Å². The van der Waals surface area contributed by atoms with Gasteiger partial charge in [0.1, 0.15) is 0 Å². The largest absolute Gasteiger partial charge is 0.354 e. The maximum Gasteiger partial charge on any atom is 0.0623 e. The molecule has 0 unspecified atom stereocenters. The topological polar surface area (TPSA) is 24.1 Å². The van der Waals surface area contributed by atoms with Crippen molar-refractivity contribution in [2.75, 3.05) is 10.6 Å². The Hall–Kier alpha value is -1.78. The van der Waals surface area contributed by atoms with Gasteiger partial charge in [-0.2, -0.15) is 0 Å². The average Bonchev–Trinajstić information content (AvgIpc) is 2.54.